The van der Waals surface area contributed by atoms with Gasteiger partial charge in [-0.05, 0) is 37.1 Å². The first-order valence-corrected chi connectivity index (χ1v) is 13.1. The molecule has 0 saturated heterocycles. The quantitative estimate of drug-likeness (QED) is 0.738. The molecule has 0 fully saturated rings. The molecule has 0 spiro atoms. The standard InChI is InChI=1S/C14H14FOP.2ClH.Zr/c1-9-7-10(2)14(16)13(8-9)17-12-6-4-3-5-11(12)15;;;/h3-8,16-17H,1-2H3;2*1H;/q;;;+2/p-2. The van der Waals surface area contributed by atoms with Crippen LogP contribution in [0.2, 0.25) is 0 Å². The van der Waals surface area contributed by atoms with E-state index in [1.165, 1.54) is 6.07 Å². The Morgan fingerprint density at radius 2 is 1.70 bits per heavy atom. The van der Waals surface area contributed by atoms with Crippen LogP contribution < -0.4 is 10.6 Å². The molecule has 6 heteroatoms. The second-order valence-electron chi connectivity index (χ2n) is 4.15. The van der Waals surface area contributed by atoms with E-state index in [9.17, 15) is 9.50 Å². The molecule has 1 nitrogen and oxygen atoms in total. The van der Waals surface area contributed by atoms with Gasteiger partial charge >= 0.3 is 37.9 Å². The van der Waals surface area contributed by atoms with Gasteiger partial charge in [0, 0.05) is 10.6 Å². The molecule has 1 atom stereocenters. The summed E-state index contributed by atoms with van der Waals surface area (Å²) in [4.78, 5) is 0. The Bertz CT molecular complexity index is 581. The summed E-state index contributed by atoms with van der Waals surface area (Å²) < 4.78 is 13.5. The van der Waals surface area contributed by atoms with E-state index in [2.05, 4.69) is 0 Å². The maximum atomic E-state index is 13.5. The van der Waals surface area contributed by atoms with E-state index in [0.29, 0.717) is 5.30 Å². The number of phenolic OH excluding ortho intramolecular Hbond substituents is 1. The van der Waals surface area contributed by atoms with E-state index in [4.69, 9.17) is 17.0 Å². The second kappa shape index (κ2) is 9.16. The van der Waals surface area contributed by atoms with Crippen LogP contribution in [0.1, 0.15) is 11.1 Å². The van der Waals surface area contributed by atoms with Gasteiger partial charge in [-0.25, -0.2) is 4.39 Å². The zero-order valence-corrected chi connectivity index (χ0v) is 16.0. The van der Waals surface area contributed by atoms with Crippen LogP contribution in [0, 0.1) is 19.7 Å². The van der Waals surface area contributed by atoms with E-state index >= 15 is 0 Å². The Morgan fingerprint density at radius 1 is 1.10 bits per heavy atom. The summed E-state index contributed by atoms with van der Waals surface area (Å²) >= 11 is -0.826. The normalized spacial score (nSPS) is 10.2. The third kappa shape index (κ3) is 5.45. The summed E-state index contributed by atoms with van der Waals surface area (Å²) in [5.74, 6) is 0.0570. The fourth-order valence-electron chi connectivity index (χ4n) is 1.76. The molecule has 106 valence electrons. The maximum absolute atomic E-state index is 13.5. The third-order valence-corrected chi connectivity index (χ3v) is 3.91. The first kappa shape index (κ1) is 18.1. The molecule has 2 aromatic rings. The molecule has 2 rings (SSSR count). The zero-order valence-electron chi connectivity index (χ0n) is 11.0. The number of phenols is 1. The van der Waals surface area contributed by atoms with Crippen LogP contribution in [0.5, 0.6) is 5.75 Å². The average molecular weight is 410 g/mol. The van der Waals surface area contributed by atoms with E-state index in [-0.39, 0.29) is 20.1 Å². The molecule has 0 aromatic heterocycles. The summed E-state index contributed by atoms with van der Waals surface area (Å²) in [6.07, 6.45) is 0. The summed E-state index contributed by atoms with van der Waals surface area (Å²) in [6, 6.07) is 10.5. The number of hydrogen-bond donors (Lipinski definition) is 1. The molecule has 0 bridgehead atoms. The van der Waals surface area contributed by atoms with Gasteiger partial charge in [-0.15, -0.1) is 0 Å². The first-order chi connectivity index (χ1) is 9.49. The molecule has 0 aliphatic heterocycles. The predicted molar refractivity (Wildman–Crippen MR) is 83.3 cm³/mol. The molecule has 1 N–H and O–H groups in total. The van der Waals surface area contributed by atoms with Crippen molar-refractivity contribution < 1.29 is 30.3 Å². The molecule has 20 heavy (non-hydrogen) atoms. The molecular weight excluding hydrogens is 396 g/mol. The van der Waals surface area contributed by atoms with Crippen LogP contribution in [0.25, 0.3) is 0 Å². The van der Waals surface area contributed by atoms with Crippen molar-refractivity contribution in [1.82, 2.24) is 0 Å². The minimum absolute atomic E-state index is 0.142. The van der Waals surface area contributed by atoms with E-state index in [0.717, 1.165) is 16.4 Å². The Labute approximate surface area is 139 Å². The Hall–Kier alpha value is 0.0631. The monoisotopic (exact) mass is 408 g/mol. The number of halogens is 3. The second-order valence-corrected chi connectivity index (χ2v) is 9.21. The van der Waals surface area contributed by atoms with Gasteiger partial charge in [-0.2, -0.15) is 0 Å². The minimum atomic E-state index is -0.826. The molecule has 0 saturated carbocycles. The average Bonchev–Trinajstić information content (AvgIpc) is 2.39. The van der Waals surface area contributed by atoms with Crippen LogP contribution in [-0.2, 0) is 20.8 Å². The van der Waals surface area contributed by atoms with Crippen LogP contribution in [-0.4, -0.2) is 5.11 Å². The number of hydrogen-bond acceptors (Lipinski definition) is 1. The number of aryl methyl sites for hydroxylation is 2. The van der Waals surface area contributed by atoms with Gasteiger partial charge in [-0.1, -0.05) is 32.8 Å². The molecule has 2 aromatic carbocycles. The van der Waals surface area contributed by atoms with Crippen molar-refractivity contribution in [2.45, 2.75) is 13.8 Å². The zero-order chi connectivity index (χ0) is 15.1. The van der Waals surface area contributed by atoms with Crippen molar-refractivity contribution in [3.8, 4) is 5.75 Å². The van der Waals surface area contributed by atoms with Crippen LogP contribution in [0.3, 0.4) is 0 Å². The van der Waals surface area contributed by atoms with Crippen LogP contribution >= 0.6 is 25.6 Å². The molecule has 0 aliphatic carbocycles. The summed E-state index contributed by atoms with van der Waals surface area (Å²) in [6.45, 7) is 3.83. The Balaban J connectivity index is 0.000000612. The van der Waals surface area contributed by atoms with Crippen molar-refractivity contribution in [2.24, 2.45) is 0 Å². The molecule has 0 radical (unpaired) electrons. The third-order valence-electron chi connectivity index (χ3n) is 2.59. The van der Waals surface area contributed by atoms with E-state index in [1.807, 2.05) is 32.0 Å². The van der Waals surface area contributed by atoms with E-state index in [1.54, 1.807) is 12.1 Å². The van der Waals surface area contributed by atoms with Gasteiger partial charge in [0.05, 0.1) is 0 Å². The fourth-order valence-corrected chi connectivity index (χ4v) is 3.05. The molecular formula is C14H14Cl2FOPZr. The summed E-state index contributed by atoms with van der Waals surface area (Å²) in [5, 5.41) is 11.4. The van der Waals surface area contributed by atoms with Gasteiger partial charge in [0.2, 0.25) is 0 Å². The van der Waals surface area contributed by atoms with Crippen molar-refractivity contribution in [3.05, 3.63) is 53.3 Å². The van der Waals surface area contributed by atoms with E-state index < -0.39 is 20.8 Å². The van der Waals surface area contributed by atoms with Gasteiger partial charge in [0.1, 0.15) is 11.6 Å². The van der Waals surface area contributed by atoms with Crippen LogP contribution in [0.15, 0.2) is 36.4 Å². The van der Waals surface area contributed by atoms with Crippen molar-refractivity contribution in [3.63, 3.8) is 0 Å². The predicted octanol–water partition coefficient (Wildman–Crippen LogP) is 4.15. The number of rotatable bonds is 2. The topological polar surface area (TPSA) is 20.2 Å². The molecule has 1 unspecified atom stereocenters. The van der Waals surface area contributed by atoms with Gasteiger partial charge in [-0.3, -0.25) is 0 Å². The number of aromatic hydroxyl groups is 1. The first-order valence-electron chi connectivity index (χ1n) is 5.77. The van der Waals surface area contributed by atoms with Crippen molar-refractivity contribution in [2.75, 3.05) is 0 Å². The van der Waals surface area contributed by atoms with Crippen molar-refractivity contribution in [1.29, 1.82) is 0 Å². The van der Waals surface area contributed by atoms with Gasteiger partial charge in [0.15, 0.2) is 0 Å². The Morgan fingerprint density at radius 3 is 2.30 bits per heavy atom. The fraction of sp³-hybridized carbons (Fsp3) is 0.143. The van der Waals surface area contributed by atoms with Gasteiger partial charge < -0.3 is 5.11 Å². The van der Waals surface area contributed by atoms with Crippen LogP contribution in [0.4, 0.5) is 4.39 Å². The van der Waals surface area contributed by atoms with Crippen molar-refractivity contribution >= 4 is 36.2 Å². The Kier molecular flexibility index (Phi) is 8.29. The molecule has 0 heterocycles. The molecule has 0 amide bonds. The number of benzene rings is 2. The SMILES string of the molecule is Cc1cc(C)c(O)c(Pc2ccccc2F)c1.[Cl][Zr][Cl]. The summed E-state index contributed by atoms with van der Waals surface area (Å²) in [7, 11) is 10.0. The molecule has 0 aliphatic rings. The van der Waals surface area contributed by atoms with Gasteiger partial charge in [0.25, 0.3) is 0 Å². The summed E-state index contributed by atoms with van der Waals surface area (Å²) in [5.41, 5.74) is 1.92.